The first kappa shape index (κ1) is 20.0. The molecule has 1 aliphatic rings. The first-order chi connectivity index (χ1) is 12.3. The van der Waals surface area contributed by atoms with Gasteiger partial charge in [0, 0.05) is 43.3 Å². The molecule has 0 radical (unpaired) electrons. The number of hydrogen-bond donors (Lipinski definition) is 0. The van der Waals surface area contributed by atoms with E-state index in [0.717, 1.165) is 33.0 Å². The molecule has 140 valence electrons. The second-order valence-corrected chi connectivity index (χ2v) is 6.64. The molecule has 1 heterocycles. The lowest BCUT2D eigenvalue weighted by Gasteiger charge is -2.29. The van der Waals surface area contributed by atoms with Crippen molar-refractivity contribution in [2.24, 2.45) is 0 Å². The molecule has 0 bridgehead atoms. The summed E-state index contributed by atoms with van der Waals surface area (Å²) in [5, 5.41) is 0. The quantitative estimate of drug-likeness (QED) is 0.537. The van der Waals surface area contributed by atoms with Crippen LogP contribution in [0.15, 0.2) is 22.2 Å². The number of urea groups is 1. The fourth-order valence-electron chi connectivity index (χ4n) is 2.78. The number of barbiturate groups is 1. The lowest BCUT2D eigenvalue weighted by molar-refractivity contribution is -0.134. The maximum Gasteiger partial charge on any atom is 0.333 e. The Balaban J connectivity index is 2.56. The summed E-state index contributed by atoms with van der Waals surface area (Å²) in [4.78, 5) is 40.6. The highest BCUT2D eigenvalue weighted by molar-refractivity contribution is 9.10. The SMILES string of the molecule is CCN(CC)c1cc(OC)c(C=C2C(=O)N(C)C(=O)N(C)C2=O)cc1Br. The minimum absolute atomic E-state index is 0.0876. The summed E-state index contributed by atoms with van der Waals surface area (Å²) in [6, 6.07) is 3.01. The Morgan fingerprint density at radius 1 is 1.08 bits per heavy atom. The van der Waals surface area contributed by atoms with Gasteiger partial charge in [-0.15, -0.1) is 0 Å². The van der Waals surface area contributed by atoms with Gasteiger partial charge < -0.3 is 9.64 Å². The van der Waals surface area contributed by atoms with E-state index in [1.807, 2.05) is 6.07 Å². The van der Waals surface area contributed by atoms with Gasteiger partial charge in [0.2, 0.25) is 0 Å². The molecule has 0 aliphatic carbocycles. The Labute approximate surface area is 161 Å². The molecular weight excluding hydrogens is 402 g/mol. The number of benzene rings is 1. The highest BCUT2D eigenvalue weighted by atomic mass is 79.9. The molecular formula is C18H22BrN3O4. The Morgan fingerprint density at radius 3 is 2.08 bits per heavy atom. The maximum atomic E-state index is 12.4. The van der Waals surface area contributed by atoms with Crippen LogP contribution in [0.4, 0.5) is 10.5 Å². The molecule has 0 spiro atoms. The molecule has 26 heavy (non-hydrogen) atoms. The number of nitrogens with zero attached hydrogens (tertiary/aromatic N) is 3. The predicted octanol–water partition coefficient (Wildman–Crippen LogP) is 2.74. The van der Waals surface area contributed by atoms with Gasteiger partial charge in [-0.25, -0.2) is 4.79 Å². The topological polar surface area (TPSA) is 70.2 Å². The summed E-state index contributed by atoms with van der Waals surface area (Å²) in [7, 11) is 4.22. The third kappa shape index (κ3) is 3.46. The summed E-state index contributed by atoms with van der Waals surface area (Å²) in [6.07, 6.45) is 1.46. The zero-order chi connectivity index (χ0) is 19.6. The average Bonchev–Trinajstić information content (AvgIpc) is 2.64. The molecule has 7 nitrogen and oxygen atoms in total. The summed E-state index contributed by atoms with van der Waals surface area (Å²) in [5.74, 6) is -0.737. The first-order valence-corrected chi connectivity index (χ1v) is 9.00. The van der Waals surface area contributed by atoms with Gasteiger partial charge >= 0.3 is 6.03 Å². The van der Waals surface area contributed by atoms with Gasteiger partial charge in [-0.3, -0.25) is 19.4 Å². The molecule has 0 atom stereocenters. The van der Waals surface area contributed by atoms with Crippen LogP contribution >= 0.6 is 15.9 Å². The van der Waals surface area contributed by atoms with E-state index < -0.39 is 17.8 Å². The summed E-state index contributed by atoms with van der Waals surface area (Å²) in [6.45, 7) is 5.77. The third-order valence-electron chi connectivity index (χ3n) is 4.35. The normalized spacial score (nSPS) is 14.8. The number of likely N-dealkylation sites (N-methyl/N-ethyl adjacent to an activating group) is 2. The van der Waals surface area contributed by atoms with Crippen LogP contribution in [0.2, 0.25) is 0 Å². The number of ether oxygens (including phenoxy) is 1. The molecule has 8 heteroatoms. The van der Waals surface area contributed by atoms with E-state index in [1.165, 1.54) is 27.3 Å². The number of halogens is 1. The van der Waals surface area contributed by atoms with E-state index in [0.29, 0.717) is 11.3 Å². The van der Waals surface area contributed by atoms with Crippen molar-refractivity contribution in [3.63, 3.8) is 0 Å². The Bertz CT molecular complexity index is 761. The van der Waals surface area contributed by atoms with E-state index in [4.69, 9.17) is 4.74 Å². The van der Waals surface area contributed by atoms with Crippen molar-refractivity contribution < 1.29 is 19.1 Å². The van der Waals surface area contributed by atoms with Crippen LogP contribution in [0.25, 0.3) is 6.08 Å². The number of carbonyl (C=O) groups excluding carboxylic acids is 3. The lowest BCUT2D eigenvalue weighted by Crippen LogP contribution is -2.52. The van der Waals surface area contributed by atoms with Crippen molar-refractivity contribution >= 4 is 45.5 Å². The van der Waals surface area contributed by atoms with E-state index in [2.05, 4.69) is 34.7 Å². The number of amides is 4. The van der Waals surface area contributed by atoms with Crippen molar-refractivity contribution in [3.05, 3.63) is 27.7 Å². The second-order valence-electron chi connectivity index (χ2n) is 5.79. The zero-order valence-electron chi connectivity index (χ0n) is 15.5. The van der Waals surface area contributed by atoms with Gasteiger partial charge in [-0.05, 0) is 41.9 Å². The number of carbonyl (C=O) groups is 3. The van der Waals surface area contributed by atoms with Crippen LogP contribution < -0.4 is 9.64 Å². The molecule has 4 amide bonds. The highest BCUT2D eigenvalue weighted by Crippen LogP contribution is 2.35. The van der Waals surface area contributed by atoms with Gasteiger partial charge in [-0.1, -0.05) is 0 Å². The van der Waals surface area contributed by atoms with Gasteiger partial charge in [0.25, 0.3) is 11.8 Å². The third-order valence-corrected chi connectivity index (χ3v) is 4.98. The van der Waals surface area contributed by atoms with Crippen molar-refractivity contribution in [2.75, 3.05) is 39.2 Å². The van der Waals surface area contributed by atoms with E-state index in [9.17, 15) is 14.4 Å². The maximum absolute atomic E-state index is 12.4. The number of anilines is 1. The monoisotopic (exact) mass is 423 g/mol. The average molecular weight is 424 g/mol. The Morgan fingerprint density at radius 2 is 1.62 bits per heavy atom. The van der Waals surface area contributed by atoms with Crippen molar-refractivity contribution in [2.45, 2.75) is 13.8 Å². The molecule has 0 saturated carbocycles. The smallest absolute Gasteiger partial charge is 0.333 e. The second kappa shape index (κ2) is 7.90. The summed E-state index contributed by atoms with van der Waals surface area (Å²) >= 11 is 3.55. The Hall–Kier alpha value is -2.35. The molecule has 1 fully saturated rings. The zero-order valence-corrected chi connectivity index (χ0v) is 17.1. The largest absolute Gasteiger partial charge is 0.496 e. The van der Waals surface area contributed by atoms with E-state index >= 15 is 0 Å². The molecule has 1 aliphatic heterocycles. The highest BCUT2D eigenvalue weighted by Gasteiger charge is 2.38. The minimum Gasteiger partial charge on any atom is -0.496 e. The summed E-state index contributed by atoms with van der Waals surface area (Å²) < 4.78 is 6.28. The number of imide groups is 2. The standard InChI is InChI=1S/C18H22BrN3O4/c1-6-22(7-2)14-10-15(26-5)11(9-13(14)19)8-12-16(23)20(3)18(25)21(4)17(12)24/h8-10H,6-7H2,1-5H3. The van der Waals surface area contributed by atoms with Crippen LogP contribution in [0.3, 0.4) is 0 Å². The molecule has 0 N–H and O–H groups in total. The van der Waals surface area contributed by atoms with Crippen LogP contribution in [0, 0.1) is 0 Å². The number of hydrogen-bond acceptors (Lipinski definition) is 5. The molecule has 1 aromatic carbocycles. The van der Waals surface area contributed by atoms with Gasteiger partial charge in [0.05, 0.1) is 12.8 Å². The Kier molecular flexibility index (Phi) is 6.07. The fraction of sp³-hybridized carbons (Fsp3) is 0.389. The fourth-order valence-corrected chi connectivity index (χ4v) is 3.40. The van der Waals surface area contributed by atoms with E-state index in [1.54, 1.807) is 6.07 Å². The lowest BCUT2D eigenvalue weighted by atomic mass is 10.1. The van der Waals surface area contributed by atoms with Gasteiger partial charge in [-0.2, -0.15) is 0 Å². The molecule has 2 rings (SSSR count). The molecule has 0 unspecified atom stereocenters. The molecule has 0 aromatic heterocycles. The van der Waals surface area contributed by atoms with E-state index in [-0.39, 0.29) is 5.57 Å². The van der Waals surface area contributed by atoms with Crippen molar-refractivity contribution in [3.8, 4) is 5.75 Å². The minimum atomic E-state index is -0.651. The van der Waals surface area contributed by atoms with Crippen molar-refractivity contribution in [1.29, 1.82) is 0 Å². The van der Waals surface area contributed by atoms with Gasteiger partial charge in [0.1, 0.15) is 11.3 Å². The predicted molar refractivity (Wildman–Crippen MR) is 103 cm³/mol. The van der Waals surface area contributed by atoms with Crippen LogP contribution in [-0.4, -0.2) is 61.9 Å². The van der Waals surface area contributed by atoms with Crippen LogP contribution in [-0.2, 0) is 9.59 Å². The van der Waals surface area contributed by atoms with Crippen LogP contribution in [0.1, 0.15) is 19.4 Å². The summed E-state index contributed by atoms with van der Waals surface area (Å²) in [5.41, 5.74) is 1.44. The van der Waals surface area contributed by atoms with Crippen molar-refractivity contribution in [1.82, 2.24) is 9.80 Å². The van der Waals surface area contributed by atoms with Gasteiger partial charge in [0.15, 0.2) is 0 Å². The number of rotatable bonds is 5. The first-order valence-electron chi connectivity index (χ1n) is 8.20. The van der Waals surface area contributed by atoms with Crippen LogP contribution in [0.5, 0.6) is 5.75 Å². The number of methoxy groups -OCH3 is 1. The molecule has 1 saturated heterocycles. The molecule has 1 aromatic rings.